The molecule has 0 aliphatic carbocycles. The van der Waals surface area contributed by atoms with E-state index < -0.39 is 0 Å². The first kappa shape index (κ1) is 15.1. The molecule has 0 saturated carbocycles. The third-order valence-corrected chi connectivity index (χ3v) is 4.72. The number of benzene rings is 2. The van der Waals surface area contributed by atoms with Crippen LogP contribution < -0.4 is 5.32 Å². The molecule has 122 valence electrons. The summed E-state index contributed by atoms with van der Waals surface area (Å²) in [5.74, 6) is 1.78. The van der Waals surface area contributed by atoms with E-state index in [1.54, 1.807) is 0 Å². The van der Waals surface area contributed by atoms with Crippen LogP contribution in [0.2, 0.25) is 0 Å². The van der Waals surface area contributed by atoms with Crippen molar-refractivity contribution < 1.29 is 0 Å². The Morgan fingerprint density at radius 1 is 1.04 bits per heavy atom. The Morgan fingerprint density at radius 3 is 2.83 bits per heavy atom. The SMILES string of the molecule is c1ccc(-c2cccc(CNCC3CCc4nncn4C3)c2)cc1. The van der Waals surface area contributed by atoms with Crippen LogP contribution in [0.15, 0.2) is 60.9 Å². The van der Waals surface area contributed by atoms with E-state index in [1.165, 1.54) is 23.1 Å². The second-order valence-corrected chi connectivity index (χ2v) is 6.50. The van der Waals surface area contributed by atoms with Crippen LogP contribution in [0.1, 0.15) is 17.8 Å². The van der Waals surface area contributed by atoms with E-state index in [0.29, 0.717) is 5.92 Å². The molecule has 1 unspecified atom stereocenters. The second kappa shape index (κ2) is 6.97. The van der Waals surface area contributed by atoms with Crippen LogP contribution in [0.3, 0.4) is 0 Å². The summed E-state index contributed by atoms with van der Waals surface area (Å²) in [6.07, 6.45) is 4.08. The Morgan fingerprint density at radius 2 is 1.92 bits per heavy atom. The summed E-state index contributed by atoms with van der Waals surface area (Å²) in [7, 11) is 0. The molecule has 0 saturated heterocycles. The molecule has 4 rings (SSSR count). The van der Waals surface area contributed by atoms with Crippen LogP contribution in [-0.4, -0.2) is 21.3 Å². The van der Waals surface area contributed by atoms with Crippen LogP contribution >= 0.6 is 0 Å². The zero-order chi connectivity index (χ0) is 16.2. The van der Waals surface area contributed by atoms with E-state index in [2.05, 4.69) is 74.7 Å². The second-order valence-electron chi connectivity index (χ2n) is 6.50. The van der Waals surface area contributed by atoms with Gasteiger partial charge in [-0.2, -0.15) is 0 Å². The molecule has 1 aliphatic heterocycles. The molecule has 0 spiro atoms. The molecule has 24 heavy (non-hydrogen) atoms. The number of hydrogen-bond donors (Lipinski definition) is 1. The van der Waals surface area contributed by atoms with Crippen molar-refractivity contribution in [2.75, 3.05) is 6.54 Å². The zero-order valence-corrected chi connectivity index (χ0v) is 13.7. The van der Waals surface area contributed by atoms with Crippen LogP contribution in [0, 0.1) is 5.92 Å². The van der Waals surface area contributed by atoms with Crippen molar-refractivity contribution in [3.05, 3.63) is 72.3 Å². The fourth-order valence-corrected chi connectivity index (χ4v) is 3.41. The van der Waals surface area contributed by atoms with Gasteiger partial charge in [-0.1, -0.05) is 48.5 Å². The molecular formula is C20H22N4. The van der Waals surface area contributed by atoms with Gasteiger partial charge >= 0.3 is 0 Å². The summed E-state index contributed by atoms with van der Waals surface area (Å²) < 4.78 is 2.19. The largest absolute Gasteiger partial charge is 0.317 e. The molecule has 0 bridgehead atoms. The number of rotatable bonds is 5. The highest BCUT2D eigenvalue weighted by Crippen LogP contribution is 2.20. The molecule has 0 amide bonds. The summed E-state index contributed by atoms with van der Waals surface area (Å²) >= 11 is 0. The van der Waals surface area contributed by atoms with Crippen LogP contribution in [-0.2, 0) is 19.5 Å². The van der Waals surface area contributed by atoms with Gasteiger partial charge in [-0.15, -0.1) is 10.2 Å². The van der Waals surface area contributed by atoms with Gasteiger partial charge in [-0.3, -0.25) is 0 Å². The van der Waals surface area contributed by atoms with Gasteiger partial charge < -0.3 is 9.88 Å². The van der Waals surface area contributed by atoms with Gasteiger partial charge in [0, 0.05) is 19.5 Å². The topological polar surface area (TPSA) is 42.7 Å². The molecule has 1 atom stereocenters. The van der Waals surface area contributed by atoms with E-state index in [4.69, 9.17) is 0 Å². The van der Waals surface area contributed by atoms with Crippen molar-refractivity contribution in [3.63, 3.8) is 0 Å². The molecular weight excluding hydrogens is 296 g/mol. The average molecular weight is 318 g/mol. The van der Waals surface area contributed by atoms with E-state index >= 15 is 0 Å². The van der Waals surface area contributed by atoms with Crippen molar-refractivity contribution >= 4 is 0 Å². The maximum atomic E-state index is 4.15. The minimum atomic E-state index is 0.658. The molecule has 2 aromatic carbocycles. The van der Waals surface area contributed by atoms with Gasteiger partial charge in [0.1, 0.15) is 12.2 Å². The van der Waals surface area contributed by atoms with Crippen molar-refractivity contribution in [3.8, 4) is 11.1 Å². The predicted molar refractivity (Wildman–Crippen MR) is 95.4 cm³/mol. The molecule has 2 heterocycles. The number of hydrogen-bond acceptors (Lipinski definition) is 3. The normalized spacial score (nSPS) is 16.8. The van der Waals surface area contributed by atoms with Gasteiger partial charge in [0.25, 0.3) is 0 Å². The molecule has 1 aromatic heterocycles. The molecule has 0 radical (unpaired) electrons. The molecule has 1 N–H and O–H groups in total. The first-order valence-corrected chi connectivity index (χ1v) is 8.60. The van der Waals surface area contributed by atoms with Crippen LogP contribution in [0.25, 0.3) is 11.1 Å². The first-order chi connectivity index (χ1) is 11.9. The Balaban J connectivity index is 1.34. The minimum absolute atomic E-state index is 0.658. The van der Waals surface area contributed by atoms with Crippen molar-refractivity contribution in [2.24, 2.45) is 5.92 Å². The molecule has 0 fully saturated rings. The summed E-state index contributed by atoms with van der Waals surface area (Å²) in [5.41, 5.74) is 3.88. The summed E-state index contributed by atoms with van der Waals surface area (Å²) in [6, 6.07) is 19.3. The number of nitrogens with one attached hydrogen (secondary N) is 1. The smallest absolute Gasteiger partial charge is 0.132 e. The van der Waals surface area contributed by atoms with E-state index in [1.807, 2.05) is 6.33 Å². The zero-order valence-electron chi connectivity index (χ0n) is 13.7. The summed E-state index contributed by atoms with van der Waals surface area (Å²) in [5, 5.41) is 11.8. The third-order valence-electron chi connectivity index (χ3n) is 4.72. The third kappa shape index (κ3) is 3.39. The Hall–Kier alpha value is -2.46. The standard InChI is InChI=1S/C20H22N4/c1-2-6-18(7-3-1)19-8-4-5-16(11-19)12-21-13-17-9-10-20-23-22-15-24(20)14-17/h1-8,11,15,17,21H,9-10,12-14H2. The van der Waals surface area contributed by atoms with E-state index in [0.717, 1.165) is 31.9 Å². The van der Waals surface area contributed by atoms with Crippen molar-refractivity contribution in [1.29, 1.82) is 0 Å². The maximum absolute atomic E-state index is 4.15. The molecule has 3 aromatic rings. The summed E-state index contributed by atoms with van der Waals surface area (Å²) in [4.78, 5) is 0. The Labute approximate surface area is 142 Å². The van der Waals surface area contributed by atoms with Gasteiger partial charge in [-0.25, -0.2) is 0 Å². The lowest BCUT2D eigenvalue weighted by atomic mass is 9.99. The van der Waals surface area contributed by atoms with Gasteiger partial charge in [0.2, 0.25) is 0 Å². The van der Waals surface area contributed by atoms with Crippen LogP contribution in [0.4, 0.5) is 0 Å². The Kier molecular flexibility index (Phi) is 4.38. The highest BCUT2D eigenvalue weighted by molar-refractivity contribution is 5.63. The average Bonchev–Trinajstić information content (AvgIpc) is 3.11. The number of aromatic nitrogens is 3. The Bertz CT molecular complexity index is 794. The molecule has 4 heteroatoms. The summed E-state index contributed by atoms with van der Waals surface area (Å²) in [6.45, 7) is 2.97. The van der Waals surface area contributed by atoms with E-state index in [9.17, 15) is 0 Å². The lowest BCUT2D eigenvalue weighted by Gasteiger charge is -2.23. The lowest BCUT2D eigenvalue weighted by Crippen LogP contribution is -2.29. The maximum Gasteiger partial charge on any atom is 0.132 e. The highest BCUT2D eigenvalue weighted by Gasteiger charge is 2.18. The highest BCUT2D eigenvalue weighted by atomic mass is 15.3. The first-order valence-electron chi connectivity index (χ1n) is 8.60. The molecule has 1 aliphatic rings. The molecule has 4 nitrogen and oxygen atoms in total. The fourth-order valence-electron chi connectivity index (χ4n) is 3.41. The van der Waals surface area contributed by atoms with Gasteiger partial charge in [0.05, 0.1) is 0 Å². The quantitative estimate of drug-likeness (QED) is 0.785. The number of fused-ring (bicyclic) bond motifs is 1. The monoisotopic (exact) mass is 318 g/mol. The lowest BCUT2D eigenvalue weighted by molar-refractivity contribution is 0.347. The van der Waals surface area contributed by atoms with E-state index in [-0.39, 0.29) is 0 Å². The van der Waals surface area contributed by atoms with Gasteiger partial charge in [-0.05, 0) is 41.6 Å². The van der Waals surface area contributed by atoms with Crippen molar-refractivity contribution in [1.82, 2.24) is 20.1 Å². The number of nitrogens with zero attached hydrogens (tertiary/aromatic N) is 3. The van der Waals surface area contributed by atoms with Crippen LogP contribution in [0.5, 0.6) is 0 Å². The van der Waals surface area contributed by atoms with Gasteiger partial charge in [0.15, 0.2) is 0 Å². The minimum Gasteiger partial charge on any atom is -0.317 e. The predicted octanol–water partition coefficient (Wildman–Crippen LogP) is 3.30. The fraction of sp³-hybridized carbons (Fsp3) is 0.300. The van der Waals surface area contributed by atoms with Crippen molar-refractivity contribution in [2.45, 2.75) is 25.9 Å². The number of aryl methyl sites for hydroxylation is 1.